The minimum Gasteiger partial charge on any atom is -0.462 e. The number of allylic oxidation sites excluding steroid dienone is 18. The molecule has 0 amide bonds. The van der Waals surface area contributed by atoms with E-state index in [9.17, 15) is 14.4 Å². The molecule has 0 saturated carbocycles. The third-order valence-corrected chi connectivity index (χ3v) is 15.2. The number of hydrogen-bond acceptors (Lipinski definition) is 6. The van der Waals surface area contributed by atoms with Crippen molar-refractivity contribution in [3.8, 4) is 0 Å². The molecule has 1 unspecified atom stereocenters. The van der Waals surface area contributed by atoms with Crippen molar-refractivity contribution in [3.63, 3.8) is 0 Å². The summed E-state index contributed by atoms with van der Waals surface area (Å²) in [6.07, 6.45) is 96.7. The monoisotopic (exact) mass is 1150 g/mol. The molecule has 0 heterocycles. The Kier molecular flexibility index (Phi) is 67.2. The Bertz CT molecular complexity index is 1660. The third-order valence-electron chi connectivity index (χ3n) is 15.2. The Hall–Kier alpha value is -3.93. The maximum Gasteiger partial charge on any atom is 0.306 e. The Morgan fingerprint density at radius 2 is 0.470 bits per heavy atom. The fourth-order valence-corrected chi connectivity index (χ4v) is 9.94. The van der Waals surface area contributed by atoms with Gasteiger partial charge in [-0.1, -0.05) is 304 Å². The van der Waals surface area contributed by atoms with Gasteiger partial charge in [0.1, 0.15) is 13.2 Å². The van der Waals surface area contributed by atoms with Crippen LogP contribution in [0.1, 0.15) is 342 Å². The summed E-state index contributed by atoms with van der Waals surface area (Å²) in [5.74, 6) is -0.900. The predicted octanol–water partition coefficient (Wildman–Crippen LogP) is 24.6. The van der Waals surface area contributed by atoms with Gasteiger partial charge in [-0.05, 0) is 128 Å². The molecule has 0 bridgehead atoms. The van der Waals surface area contributed by atoms with Gasteiger partial charge in [0.25, 0.3) is 0 Å². The number of ether oxygens (including phenoxy) is 3. The highest BCUT2D eigenvalue weighted by Crippen LogP contribution is 2.16. The highest BCUT2D eigenvalue weighted by atomic mass is 16.6. The summed E-state index contributed by atoms with van der Waals surface area (Å²) < 4.78 is 17.0. The SMILES string of the molecule is CC/C=C\C/C=C\C/C=C\C/C=C\C/C=C\CCCCCCCC(=O)OC(COC(=O)CCCCCCCCCCC/C=C\CCCCCCCC)COC(=O)CCCCCCCCCCCC/C=C\C/C=C\C/C=C\CCCCCCC. The van der Waals surface area contributed by atoms with Gasteiger partial charge in [0.15, 0.2) is 6.10 Å². The number of carbonyl (C=O) groups excluding carboxylic acids is 3. The quantitative estimate of drug-likeness (QED) is 0.0261. The van der Waals surface area contributed by atoms with Gasteiger partial charge in [-0.2, -0.15) is 0 Å². The average molecular weight is 1150 g/mol. The molecule has 0 spiro atoms. The van der Waals surface area contributed by atoms with Crippen LogP contribution in [0.15, 0.2) is 109 Å². The molecule has 0 aromatic rings. The van der Waals surface area contributed by atoms with Crippen LogP contribution in [0.2, 0.25) is 0 Å². The minimum absolute atomic E-state index is 0.0880. The highest BCUT2D eigenvalue weighted by Gasteiger charge is 2.19. The van der Waals surface area contributed by atoms with Gasteiger partial charge in [-0.15, -0.1) is 0 Å². The van der Waals surface area contributed by atoms with Crippen molar-refractivity contribution in [1.29, 1.82) is 0 Å². The first-order valence-electron chi connectivity index (χ1n) is 35.4. The van der Waals surface area contributed by atoms with Gasteiger partial charge in [0, 0.05) is 19.3 Å². The van der Waals surface area contributed by atoms with E-state index in [1.807, 2.05) is 0 Å². The molecule has 476 valence electrons. The van der Waals surface area contributed by atoms with Gasteiger partial charge < -0.3 is 14.2 Å². The zero-order chi connectivity index (χ0) is 59.9. The van der Waals surface area contributed by atoms with Crippen LogP contribution in [-0.4, -0.2) is 37.2 Å². The normalized spacial score (nSPS) is 12.8. The van der Waals surface area contributed by atoms with Gasteiger partial charge in [-0.3, -0.25) is 14.4 Å². The van der Waals surface area contributed by atoms with E-state index in [-0.39, 0.29) is 31.1 Å². The maximum absolute atomic E-state index is 13.0. The smallest absolute Gasteiger partial charge is 0.306 e. The summed E-state index contributed by atoms with van der Waals surface area (Å²) in [6.45, 7) is 6.53. The van der Waals surface area contributed by atoms with Crippen LogP contribution in [0.25, 0.3) is 0 Å². The summed E-state index contributed by atoms with van der Waals surface area (Å²) in [6, 6.07) is 0. The molecule has 0 aromatic heterocycles. The summed E-state index contributed by atoms with van der Waals surface area (Å²) in [4.78, 5) is 38.5. The Balaban J connectivity index is 4.42. The van der Waals surface area contributed by atoms with Crippen molar-refractivity contribution in [2.24, 2.45) is 0 Å². The molecule has 6 nitrogen and oxygen atoms in total. The van der Waals surface area contributed by atoms with Crippen LogP contribution in [0, 0.1) is 0 Å². The molecular formula is C77H132O6. The minimum atomic E-state index is -0.795. The molecule has 0 aliphatic heterocycles. The summed E-state index contributed by atoms with van der Waals surface area (Å²) in [7, 11) is 0. The molecule has 0 N–H and O–H groups in total. The second-order valence-corrected chi connectivity index (χ2v) is 23.4. The van der Waals surface area contributed by atoms with Crippen molar-refractivity contribution in [2.45, 2.75) is 348 Å². The molecule has 0 radical (unpaired) electrons. The molecule has 0 aromatic carbocycles. The van der Waals surface area contributed by atoms with E-state index in [1.54, 1.807) is 0 Å². The topological polar surface area (TPSA) is 78.9 Å². The Morgan fingerprint density at radius 1 is 0.253 bits per heavy atom. The number of esters is 3. The standard InChI is InChI=1S/C77H132O6/c1-4-7-10-13-16-19-22-25-28-31-34-36-37-38-39-41-43-46-49-52-55-58-61-64-67-70-76(79)82-73-74(72-81-75(78)69-66-63-60-57-54-51-48-45-42-33-30-27-24-21-18-15-12-9-6-3)83-77(80)71-68-65-62-59-56-53-50-47-44-40-35-32-29-26-23-20-17-14-11-8-5-2/h8,11,17,20,22,25-27,29-31,34-35,37-38,40,47,50,74H,4-7,9-10,12-16,18-19,21,23-24,28,32-33,36,39,41-46,48-49,51-73H2,1-3H3/b11-8-,20-17-,25-22-,29-26-,30-27-,34-31-,38-37-,40-35-,50-47-. The Morgan fingerprint density at radius 3 is 0.747 bits per heavy atom. The van der Waals surface area contributed by atoms with E-state index in [1.165, 1.54) is 180 Å². The fraction of sp³-hybridized carbons (Fsp3) is 0.727. The van der Waals surface area contributed by atoms with E-state index in [0.29, 0.717) is 19.3 Å². The van der Waals surface area contributed by atoms with Gasteiger partial charge in [0.2, 0.25) is 0 Å². The summed E-state index contributed by atoms with van der Waals surface area (Å²) in [5, 5.41) is 0. The molecule has 0 saturated heterocycles. The van der Waals surface area contributed by atoms with E-state index in [0.717, 1.165) is 122 Å². The highest BCUT2D eigenvalue weighted by molar-refractivity contribution is 5.71. The first-order valence-corrected chi connectivity index (χ1v) is 35.4. The van der Waals surface area contributed by atoms with Crippen LogP contribution in [0.4, 0.5) is 0 Å². The molecule has 0 aliphatic rings. The maximum atomic E-state index is 13.0. The van der Waals surface area contributed by atoms with E-state index >= 15 is 0 Å². The van der Waals surface area contributed by atoms with Gasteiger partial charge in [-0.25, -0.2) is 0 Å². The second-order valence-electron chi connectivity index (χ2n) is 23.4. The Labute approximate surface area is 514 Å². The van der Waals surface area contributed by atoms with E-state index in [2.05, 4.69) is 130 Å². The number of unbranched alkanes of at least 4 members (excludes halogenated alkanes) is 35. The lowest BCUT2D eigenvalue weighted by molar-refractivity contribution is -0.167. The van der Waals surface area contributed by atoms with Crippen molar-refractivity contribution < 1.29 is 28.6 Å². The van der Waals surface area contributed by atoms with E-state index < -0.39 is 6.10 Å². The first kappa shape index (κ1) is 79.1. The fourth-order valence-electron chi connectivity index (χ4n) is 9.94. The van der Waals surface area contributed by atoms with Crippen molar-refractivity contribution in [1.82, 2.24) is 0 Å². The molecule has 0 aliphatic carbocycles. The van der Waals surface area contributed by atoms with Crippen molar-refractivity contribution in [2.75, 3.05) is 13.2 Å². The van der Waals surface area contributed by atoms with E-state index in [4.69, 9.17) is 14.2 Å². The molecule has 0 fully saturated rings. The lowest BCUT2D eigenvalue weighted by Gasteiger charge is -2.18. The number of hydrogen-bond donors (Lipinski definition) is 0. The molecule has 83 heavy (non-hydrogen) atoms. The van der Waals surface area contributed by atoms with Crippen LogP contribution in [-0.2, 0) is 28.6 Å². The van der Waals surface area contributed by atoms with Crippen LogP contribution >= 0.6 is 0 Å². The van der Waals surface area contributed by atoms with Crippen molar-refractivity contribution in [3.05, 3.63) is 109 Å². The zero-order valence-electron chi connectivity index (χ0n) is 54.7. The zero-order valence-corrected chi connectivity index (χ0v) is 54.7. The lowest BCUT2D eigenvalue weighted by atomic mass is 10.0. The molecular weight excluding hydrogens is 1020 g/mol. The van der Waals surface area contributed by atoms with Gasteiger partial charge >= 0.3 is 17.9 Å². The molecule has 1 atom stereocenters. The van der Waals surface area contributed by atoms with Crippen LogP contribution in [0.3, 0.4) is 0 Å². The summed E-state index contributed by atoms with van der Waals surface area (Å²) in [5.41, 5.74) is 0. The molecule has 6 heteroatoms. The predicted molar refractivity (Wildman–Crippen MR) is 362 cm³/mol. The summed E-state index contributed by atoms with van der Waals surface area (Å²) >= 11 is 0. The lowest BCUT2D eigenvalue weighted by Crippen LogP contribution is -2.30. The first-order chi connectivity index (χ1) is 41.0. The van der Waals surface area contributed by atoms with Crippen molar-refractivity contribution >= 4 is 17.9 Å². The average Bonchev–Trinajstić information content (AvgIpc) is 3.50. The second kappa shape index (κ2) is 70.6. The van der Waals surface area contributed by atoms with Gasteiger partial charge in [0.05, 0.1) is 0 Å². The van der Waals surface area contributed by atoms with Crippen LogP contribution in [0.5, 0.6) is 0 Å². The number of carbonyl (C=O) groups is 3. The molecule has 0 rings (SSSR count). The number of rotatable bonds is 64. The van der Waals surface area contributed by atoms with Crippen LogP contribution < -0.4 is 0 Å². The third kappa shape index (κ3) is 68.7. The largest absolute Gasteiger partial charge is 0.462 e.